The van der Waals surface area contributed by atoms with Crippen LogP contribution in [-0.2, 0) is 19.6 Å². The highest BCUT2D eigenvalue weighted by Gasteiger charge is 2.08. The number of hydrogen-bond donors (Lipinski definition) is 3. The van der Waals surface area contributed by atoms with Crippen LogP contribution in [-0.4, -0.2) is 84.4 Å². The predicted molar refractivity (Wildman–Crippen MR) is 91.9 cm³/mol. The maximum atomic E-state index is 11.2. The quantitative estimate of drug-likeness (QED) is 0.205. The van der Waals surface area contributed by atoms with Gasteiger partial charge in [-0.15, -0.1) is 0 Å². The molecular formula is C14H30N4O4S. The Labute approximate surface area is 139 Å². The molecule has 136 valence electrons. The van der Waals surface area contributed by atoms with E-state index in [4.69, 9.17) is 4.74 Å². The lowest BCUT2D eigenvalue weighted by Crippen LogP contribution is -2.37. The average molecular weight is 350 g/mol. The molecule has 0 amide bonds. The Morgan fingerprint density at radius 2 is 1.52 bits per heavy atom. The fraction of sp³-hybridized carbons (Fsp3) is 0.786. The third-order valence-electron chi connectivity index (χ3n) is 2.99. The van der Waals surface area contributed by atoms with Crippen molar-refractivity contribution in [1.29, 1.82) is 0 Å². The van der Waals surface area contributed by atoms with Crippen LogP contribution >= 0.6 is 0 Å². The second-order valence-corrected chi connectivity index (χ2v) is 7.34. The smallest absolute Gasteiger partial charge is 0.333 e. The van der Waals surface area contributed by atoms with Crippen molar-refractivity contribution in [3.8, 4) is 0 Å². The molecule has 0 bridgehead atoms. The molecule has 0 unspecified atom stereocenters. The van der Waals surface area contributed by atoms with Crippen molar-refractivity contribution in [2.24, 2.45) is 0 Å². The maximum Gasteiger partial charge on any atom is 0.333 e. The van der Waals surface area contributed by atoms with Crippen molar-refractivity contribution in [1.82, 2.24) is 20.3 Å². The number of likely N-dealkylation sites (N-methyl/N-ethyl adjacent to an activating group) is 1. The van der Waals surface area contributed by atoms with Gasteiger partial charge in [0.05, 0.1) is 6.26 Å². The second-order valence-electron chi connectivity index (χ2n) is 5.25. The standard InChI is InChI=1S/C14H30N4O4S/c1-13(2)14(19)22-12-10-17-8-6-15-5-7-16-9-11-18(3)23(4,20)21/h15-17H,1,5-12H2,2-4H3. The molecule has 0 aromatic heterocycles. The number of rotatable bonds is 14. The normalized spacial score (nSPS) is 11.7. The zero-order chi connectivity index (χ0) is 17.7. The third kappa shape index (κ3) is 13.2. The van der Waals surface area contributed by atoms with E-state index in [0.29, 0.717) is 31.8 Å². The first-order valence-electron chi connectivity index (χ1n) is 7.61. The summed E-state index contributed by atoms with van der Waals surface area (Å²) in [6.45, 7) is 10.3. The van der Waals surface area contributed by atoms with Crippen molar-refractivity contribution in [3.63, 3.8) is 0 Å². The summed E-state index contributed by atoms with van der Waals surface area (Å²) in [5.41, 5.74) is 0.405. The van der Waals surface area contributed by atoms with E-state index in [2.05, 4.69) is 22.5 Å². The Balaban J connectivity index is 3.28. The Hall–Kier alpha value is -1.00. The van der Waals surface area contributed by atoms with Gasteiger partial charge in [0.1, 0.15) is 6.61 Å². The molecule has 0 fully saturated rings. The van der Waals surface area contributed by atoms with E-state index in [9.17, 15) is 13.2 Å². The number of carbonyl (C=O) groups is 1. The molecule has 9 heteroatoms. The molecule has 0 radical (unpaired) electrons. The van der Waals surface area contributed by atoms with E-state index in [-0.39, 0.29) is 5.97 Å². The third-order valence-corrected chi connectivity index (χ3v) is 4.30. The lowest BCUT2D eigenvalue weighted by Gasteiger charge is -2.14. The molecule has 0 aliphatic carbocycles. The summed E-state index contributed by atoms with van der Waals surface area (Å²) in [5, 5.41) is 9.56. The van der Waals surface area contributed by atoms with Gasteiger partial charge in [0.25, 0.3) is 0 Å². The van der Waals surface area contributed by atoms with Gasteiger partial charge in [-0.05, 0) is 6.92 Å². The van der Waals surface area contributed by atoms with Crippen molar-refractivity contribution in [3.05, 3.63) is 12.2 Å². The molecule has 0 aliphatic rings. The number of nitrogens with zero attached hydrogens (tertiary/aromatic N) is 1. The largest absolute Gasteiger partial charge is 0.461 e. The fourth-order valence-corrected chi connectivity index (χ4v) is 1.89. The zero-order valence-electron chi connectivity index (χ0n) is 14.4. The zero-order valence-corrected chi connectivity index (χ0v) is 15.2. The molecule has 0 saturated carbocycles. The first-order chi connectivity index (χ1) is 10.7. The van der Waals surface area contributed by atoms with Gasteiger partial charge >= 0.3 is 5.97 Å². The van der Waals surface area contributed by atoms with E-state index >= 15 is 0 Å². The summed E-state index contributed by atoms with van der Waals surface area (Å²) >= 11 is 0. The van der Waals surface area contributed by atoms with Gasteiger partial charge in [0, 0.05) is 58.4 Å². The van der Waals surface area contributed by atoms with Crippen molar-refractivity contribution in [2.75, 3.05) is 65.7 Å². The van der Waals surface area contributed by atoms with E-state index in [1.165, 1.54) is 10.6 Å². The number of carbonyl (C=O) groups excluding carboxylic acids is 1. The summed E-state index contributed by atoms with van der Waals surface area (Å²) < 4.78 is 28.6. The Morgan fingerprint density at radius 1 is 1.04 bits per heavy atom. The molecule has 8 nitrogen and oxygen atoms in total. The lowest BCUT2D eigenvalue weighted by molar-refractivity contribution is -0.138. The van der Waals surface area contributed by atoms with Gasteiger partial charge in [0.15, 0.2) is 0 Å². The molecule has 0 heterocycles. The number of ether oxygens (including phenoxy) is 1. The fourth-order valence-electron chi connectivity index (χ4n) is 1.47. The number of nitrogens with one attached hydrogen (secondary N) is 3. The van der Waals surface area contributed by atoms with Crippen LogP contribution in [0.25, 0.3) is 0 Å². The molecule has 0 aromatic rings. The van der Waals surface area contributed by atoms with E-state index in [1.807, 2.05) is 0 Å². The maximum absolute atomic E-state index is 11.2. The minimum Gasteiger partial charge on any atom is -0.461 e. The van der Waals surface area contributed by atoms with Gasteiger partial charge in [-0.2, -0.15) is 0 Å². The second kappa shape index (κ2) is 12.4. The molecule has 0 aromatic carbocycles. The van der Waals surface area contributed by atoms with Crippen LogP contribution in [0.3, 0.4) is 0 Å². The summed E-state index contributed by atoms with van der Waals surface area (Å²) in [6.07, 6.45) is 1.20. The van der Waals surface area contributed by atoms with E-state index in [1.54, 1.807) is 14.0 Å². The predicted octanol–water partition coefficient (Wildman–Crippen LogP) is -1.23. The van der Waals surface area contributed by atoms with Crippen molar-refractivity contribution >= 4 is 16.0 Å². The molecule has 0 rings (SSSR count). The minimum atomic E-state index is -3.09. The highest BCUT2D eigenvalue weighted by Crippen LogP contribution is 1.90. The van der Waals surface area contributed by atoms with Gasteiger partial charge < -0.3 is 20.7 Å². The van der Waals surface area contributed by atoms with E-state index in [0.717, 1.165) is 26.2 Å². The number of hydrogen-bond acceptors (Lipinski definition) is 7. The molecule has 0 saturated heterocycles. The van der Waals surface area contributed by atoms with Crippen LogP contribution in [0, 0.1) is 0 Å². The molecule has 3 N–H and O–H groups in total. The SMILES string of the molecule is C=C(C)C(=O)OCCNCCNCCNCCN(C)S(C)(=O)=O. The van der Waals surface area contributed by atoms with Crippen LogP contribution in [0.2, 0.25) is 0 Å². The molecule has 0 spiro atoms. The summed E-state index contributed by atoms with van der Waals surface area (Å²) in [6, 6.07) is 0. The van der Waals surface area contributed by atoms with Crippen LogP contribution in [0.4, 0.5) is 0 Å². The molecule has 0 atom stereocenters. The topological polar surface area (TPSA) is 99.8 Å². The number of esters is 1. The van der Waals surface area contributed by atoms with Gasteiger partial charge in [-0.25, -0.2) is 17.5 Å². The van der Waals surface area contributed by atoms with Crippen molar-refractivity contribution in [2.45, 2.75) is 6.92 Å². The molecular weight excluding hydrogens is 320 g/mol. The van der Waals surface area contributed by atoms with Crippen LogP contribution in [0.15, 0.2) is 12.2 Å². The highest BCUT2D eigenvalue weighted by molar-refractivity contribution is 7.88. The minimum absolute atomic E-state index is 0.334. The lowest BCUT2D eigenvalue weighted by atomic mass is 10.4. The van der Waals surface area contributed by atoms with E-state index < -0.39 is 10.0 Å². The molecule has 0 aliphatic heterocycles. The van der Waals surface area contributed by atoms with Crippen LogP contribution < -0.4 is 16.0 Å². The molecule has 23 heavy (non-hydrogen) atoms. The van der Waals surface area contributed by atoms with Gasteiger partial charge in [0.2, 0.25) is 10.0 Å². The monoisotopic (exact) mass is 350 g/mol. The summed E-state index contributed by atoms with van der Waals surface area (Å²) in [5.74, 6) is -0.363. The summed E-state index contributed by atoms with van der Waals surface area (Å²) in [7, 11) is -1.53. The average Bonchev–Trinajstić information content (AvgIpc) is 2.46. The Morgan fingerprint density at radius 3 is 2.00 bits per heavy atom. The summed E-state index contributed by atoms with van der Waals surface area (Å²) in [4.78, 5) is 11.1. The Kier molecular flexibility index (Phi) is 11.9. The van der Waals surface area contributed by atoms with Crippen LogP contribution in [0.5, 0.6) is 0 Å². The Bertz CT molecular complexity index is 454. The van der Waals surface area contributed by atoms with Gasteiger partial charge in [-0.3, -0.25) is 0 Å². The highest BCUT2D eigenvalue weighted by atomic mass is 32.2. The number of sulfonamides is 1. The van der Waals surface area contributed by atoms with Crippen molar-refractivity contribution < 1.29 is 17.9 Å². The first kappa shape index (κ1) is 22.0. The van der Waals surface area contributed by atoms with Crippen LogP contribution in [0.1, 0.15) is 6.92 Å². The van der Waals surface area contributed by atoms with Gasteiger partial charge in [-0.1, -0.05) is 6.58 Å². The first-order valence-corrected chi connectivity index (χ1v) is 9.46.